The maximum atomic E-state index is 9.18. The molecule has 18 heavy (non-hydrogen) atoms. The fourth-order valence-electron chi connectivity index (χ4n) is 2.11. The Morgan fingerprint density at radius 2 is 1.17 bits per heavy atom. The SMILES string of the molecule is CC(CO)c1ccc2cc(C(C)CO)ccc2c1. The van der Waals surface area contributed by atoms with Gasteiger partial charge >= 0.3 is 0 Å². The average Bonchev–Trinajstić information content (AvgIpc) is 2.44. The van der Waals surface area contributed by atoms with E-state index < -0.39 is 0 Å². The zero-order valence-electron chi connectivity index (χ0n) is 10.9. The molecule has 2 aromatic rings. The molecule has 2 N–H and O–H groups in total. The standard InChI is InChI=1S/C16H20O2/c1-11(9-17)13-3-5-16-8-14(12(2)10-18)4-6-15(16)7-13/h3-8,11-12,17-18H,9-10H2,1-2H3. The molecule has 0 aromatic heterocycles. The predicted molar refractivity (Wildman–Crippen MR) is 74.9 cm³/mol. The van der Waals surface area contributed by atoms with E-state index in [0.29, 0.717) is 0 Å². The quantitative estimate of drug-likeness (QED) is 0.868. The lowest BCUT2D eigenvalue weighted by Crippen LogP contribution is -2.00. The summed E-state index contributed by atoms with van der Waals surface area (Å²) in [5, 5.41) is 20.7. The highest BCUT2D eigenvalue weighted by molar-refractivity contribution is 5.84. The fraction of sp³-hybridized carbons (Fsp3) is 0.375. The van der Waals surface area contributed by atoms with Crippen LogP contribution >= 0.6 is 0 Å². The van der Waals surface area contributed by atoms with E-state index in [1.807, 2.05) is 13.8 Å². The molecule has 0 radical (unpaired) electrons. The summed E-state index contributed by atoms with van der Waals surface area (Å²) < 4.78 is 0. The Labute approximate surface area is 108 Å². The van der Waals surface area contributed by atoms with Crippen molar-refractivity contribution in [2.75, 3.05) is 13.2 Å². The largest absolute Gasteiger partial charge is 0.396 e. The Hall–Kier alpha value is -1.38. The first-order valence-electron chi connectivity index (χ1n) is 6.41. The number of benzene rings is 2. The van der Waals surface area contributed by atoms with Crippen LogP contribution < -0.4 is 0 Å². The molecular weight excluding hydrogens is 224 g/mol. The second-order valence-corrected chi connectivity index (χ2v) is 5.03. The summed E-state index contributed by atoms with van der Waals surface area (Å²) in [5.41, 5.74) is 2.32. The van der Waals surface area contributed by atoms with Crippen molar-refractivity contribution in [2.24, 2.45) is 0 Å². The molecule has 0 spiro atoms. The van der Waals surface area contributed by atoms with Crippen molar-refractivity contribution >= 4 is 10.8 Å². The summed E-state index contributed by atoms with van der Waals surface area (Å²) in [5.74, 6) is 0.343. The monoisotopic (exact) mass is 244 g/mol. The Morgan fingerprint density at radius 3 is 1.50 bits per heavy atom. The third-order valence-electron chi connectivity index (χ3n) is 3.57. The summed E-state index contributed by atoms with van der Waals surface area (Å²) >= 11 is 0. The van der Waals surface area contributed by atoms with Crippen LogP contribution in [0.1, 0.15) is 36.8 Å². The lowest BCUT2D eigenvalue weighted by Gasteiger charge is -2.12. The maximum Gasteiger partial charge on any atom is 0.0497 e. The highest BCUT2D eigenvalue weighted by atomic mass is 16.3. The van der Waals surface area contributed by atoms with Gasteiger partial charge in [-0.05, 0) is 21.9 Å². The van der Waals surface area contributed by atoms with Crippen LogP contribution in [0, 0.1) is 0 Å². The molecular formula is C16H20O2. The highest BCUT2D eigenvalue weighted by Gasteiger charge is 2.07. The molecule has 0 fully saturated rings. The summed E-state index contributed by atoms with van der Waals surface area (Å²) in [7, 11) is 0. The molecule has 2 unspecified atom stereocenters. The molecule has 0 saturated carbocycles. The van der Waals surface area contributed by atoms with Crippen molar-refractivity contribution in [2.45, 2.75) is 25.7 Å². The van der Waals surface area contributed by atoms with Crippen LogP contribution in [-0.2, 0) is 0 Å². The Bertz CT molecular complexity index is 484. The van der Waals surface area contributed by atoms with Crippen LogP contribution in [0.3, 0.4) is 0 Å². The van der Waals surface area contributed by atoms with Crippen molar-refractivity contribution < 1.29 is 10.2 Å². The van der Waals surface area contributed by atoms with Crippen molar-refractivity contribution in [3.05, 3.63) is 47.5 Å². The summed E-state index contributed by atoms with van der Waals surface area (Å²) in [6.07, 6.45) is 0. The molecule has 0 bridgehead atoms. The lowest BCUT2D eigenvalue weighted by molar-refractivity contribution is 0.273. The van der Waals surface area contributed by atoms with E-state index in [1.165, 1.54) is 10.8 Å². The van der Waals surface area contributed by atoms with Crippen molar-refractivity contribution in [3.63, 3.8) is 0 Å². The summed E-state index contributed by atoms with van der Waals surface area (Å²) in [6, 6.07) is 12.6. The molecule has 96 valence electrons. The first kappa shape index (κ1) is 13.1. The maximum absolute atomic E-state index is 9.18. The molecule has 2 nitrogen and oxygen atoms in total. The van der Waals surface area contributed by atoms with Crippen LogP contribution in [0.25, 0.3) is 10.8 Å². The van der Waals surface area contributed by atoms with Gasteiger partial charge in [-0.1, -0.05) is 50.2 Å². The molecule has 0 aliphatic carbocycles. The molecule has 0 aliphatic rings. The third-order valence-corrected chi connectivity index (χ3v) is 3.57. The van der Waals surface area contributed by atoms with E-state index in [-0.39, 0.29) is 25.0 Å². The van der Waals surface area contributed by atoms with E-state index in [2.05, 4.69) is 36.4 Å². The second-order valence-electron chi connectivity index (χ2n) is 5.03. The van der Waals surface area contributed by atoms with Crippen LogP contribution in [-0.4, -0.2) is 23.4 Å². The van der Waals surface area contributed by atoms with Gasteiger partial charge in [-0.2, -0.15) is 0 Å². The first-order valence-corrected chi connectivity index (χ1v) is 6.41. The predicted octanol–water partition coefficient (Wildman–Crippen LogP) is 3.03. The summed E-state index contributed by atoms with van der Waals surface area (Å²) in [4.78, 5) is 0. The number of hydrogen-bond donors (Lipinski definition) is 2. The number of aliphatic hydroxyl groups excluding tert-OH is 2. The van der Waals surface area contributed by atoms with Crippen molar-refractivity contribution in [1.82, 2.24) is 0 Å². The van der Waals surface area contributed by atoms with Crippen LogP contribution in [0.5, 0.6) is 0 Å². The normalized spacial score (nSPS) is 14.7. The minimum atomic E-state index is 0.172. The topological polar surface area (TPSA) is 40.5 Å². The van der Waals surface area contributed by atoms with Crippen LogP contribution in [0.2, 0.25) is 0 Å². The number of aliphatic hydroxyl groups is 2. The van der Waals surface area contributed by atoms with Gasteiger partial charge in [0, 0.05) is 25.0 Å². The van der Waals surface area contributed by atoms with E-state index in [4.69, 9.17) is 0 Å². The van der Waals surface area contributed by atoms with Crippen LogP contribution in [0.4, 0.5) is 0 Å². The molecule has 2 rings (SSSR count). The van der Waals surface area contributed by atoms with Crippen molar-refractivity contribution in [1.29, 1.82) is 0 Å². The van der Waals surface area contributed by atoms with Gasteiger partial charge in [-0.3, -0.25) is 0 Å². The van der Waals surface area contributed by atoms with Crippen LogP contribution in [0.15, 0.2) is 36.4 Å². The molecule has 0 amide bonds. The third kappa shape index (κ3) is 2.55. The van der Waals surface area contributed by atoms with E-state index in [1.54, 1.807) is 0 Å². The van der Waals surface area contributed by atoms with Gasteiger partial charge in [-0.25, -0.2) is 0 Å². The zero-order chi connectivity index (χ0) is 13.1. The molecule has 2 atom stereocenters. The van der Waals surface area contributed by atoms with Gasteiger partial charge in [0.15, 0.2) is 0 Å². The Morgan fingerprint density at radius 1 is 0.778 bits per heavy atom. The number of hydrogen-bond acceptors (Lipinski definition) is 2. The fourth-order valence-corrected chi connectivity index (χ4v) is 2.11. The van der Waals surface area contributed by atoms with Crippen molar-refractivity contribution in [3.8, 4) is 0 Å². The number of fused-ring (bicyclic) bond motifs is 1. The molecule has 0 saturated heterocycles. The van der Waals surface area contributed by atoms with E-state index >= 15 is 0 Å². The molecule has 2 aromatic carbocycles. The van der Waals surface area contributed by atoms with Gasteiger partial charge in [0.05, 0.1) is 0 Å². The first-order chi connectivity index (χ1) is 8.65. The van der Waals surface area contributed by atoms with Gasteiger partial charge < -0.3 is 10.2 Å². The number of rotatable bonds is 4. The lowest BCUT2D eigenvalue weighted by atomic mass is 9.95. The Balaban J connectivity index is 2.42. The minimum absolute atomic E-state index is 0.172. The summed E-state index contributed by atoms with van der Waals surface area (Å²) in [6.45, 7) is 4.38. The Kier molecular flexibility index (Phi) is 4.00. The molecule has 0 aliphatic heterocycles. The second kappa shape index (κ2) is 5.51. The van der Waals surface area contributed by atoms with Gasteiger partial charge in [0.1, 0.15) is 0 Å². The van der Waals surface area contributed by atoms with E-state index in [0.717, 1.165) is 11.1 Å². The minimum Gasteiger partial charge on any atom is -0.396 e. The van der Waals surface area contributed by atoms with Gasteiger partial charge in [0.2, 0.25) is 0 Å². The highest BCUT2D eigenvalue weighted by Crippen LogP contribution is 2.25. The molecule has 0 heterocycles. The van der Waals surface area contributed by atoms with Gasteiger partial charge in [0.25, 0.3) is 0 Å². The van der Waals surface area contributed by atoms with Gasteiger partial charge in [-0.15, -0.1) is 0 Å². The molecule has 2 heteroatoms. The average molecular weight is 244 g/mol. The van der Waals surface area contributed by atoms with E-state index in [9.17, 15) is 10.2 Å². The zero-order valence-corrected chi connectivity index (χ0v) is 10.9. The smallest absolute Gasteiger partial charge is 0.0497 e.